The number of anilines is 1. The summed E-state index contributed by atoms with van der Waals surface area (Å²) in [7, 11) is 0. The lowest BCUT2D eigenvalue weighted by Crippen LogP contribution is -2.52. The molecule has 1 heterocycles. The zero-order chi connectivity index (χ0) is 15.1. The molecule has 1 aliphatic heterocycles. The SMILES string of the molecule is C#CCN=C(NCC)N1CCN(c2ccccc2O)CC1.I. The summed E-state index contributed by atoms with van der Waals surface area (Å²) < 4.78 is 0. The average molecular weight is 414 g/mol. The van der Waals surface area contributed by atoms with Crippen molar-refractivity contribution in [3.63, 3.8) is 0 Å². The molecule has 2 rings (SSSR count). The molecule has 0 bridgehead atoms. The lowest BCUT2D eigenvalue weighted by molar-refractivity contribution is 0.370. The van der Waals surface area contributed by atoms with Gasteiger partial charge in [-0.3, -0.25) is 0 Å². The number of hydrogen-bond acceptors (Lipinski definition) is 3. The van der Waals surface area contributed by atoms with Crippen molar-refractivity contribution in [3.05, 3.63) is 24.3 Å². The number of nitrogens with zero attached hydrogens (tertiary/aromatic N) is 3. The number of piperazine rings is 1. The van der Waals surface area contributed by atoms with Crippen molar-refractivity contribution in [2.75, 3.05) is 44.2 Å². The Labute approximate surface area is 149 Å². The van der Waals surface area contributed by atoms with Crippen LogP contribution in [0.5, 0.6) is 5.75 Å². The van der Waals surface area contributed by atoms with Crippen LogP contribution in [0.4, 0.5) is 5.69 Å². The molecule has 1 fully saturated rings. The topological polar surface area (TPSA) is 51.1 Å². The normalized spacial score (nSPS) is 15.0. The van der Waals surface area contributed by atoms with E-state index in [1.807, 2.05) is 25.1 Å². The number of rotatable bonds is 3. The second-order valence-electron chi connectivity index (χ2n) is 4.84. The number of aromatic hydroxyl groups is 1. The molecule has 0 unspecified atom stereocenters. The fourth-order valence-corrected chi connectivity index (χ4v) is 2.44. The van der Waals surface area contributed by atoms with Gasteiger partial charge in [0.2, 0.25) is 0 Å². The number of terminal acetylenes is 1. The quantitative estimate of drug-likeness (QED) is 0.343. The van der Waals surface area contributed by atoms with Crippen LogP contribution < -0.4 is 10.2 Å². The number of nitrogens with one attached hydrogen (secondary N) is 1. The molecule has 2 N–H and O–H groups in total. The van der Waals surface area contributed by atoms with Crippen LogP contribution in [0.1, 0.15) is 6.92 Å². The molecule has 1 aromatic carbocycles. The van der Waals surface area contributed by atoms with Crippen molar-refractivity contribution in [2.45, 2.75) is 6.92 Å². The smallest absolute Gasteiger partial charge is 0.195 e. The fraction of sp³-hybridized carbons (Fsp3) is 0.438. The minimum atomic E-state index is 0. The summed E-state index contributed by atoms with van der Waals surface area (Å²) in [5, 5.41) is 13.2. The van der Waals surface area contributed by atoms with Gasteiger partial charge in [-0.15, -0.1) is 30.4 Å². The summed E-state index contributed by atoms with van der Waals surface area (Å²) in [6.07, 6.45) is 5.28. The maximum Gasteiger partial charge on any atom is 0.195 e. The fourth-order valence-electron chi connectivity index (χ4n) is 2.44. The Bertz CT molecular complexity index is 533. The van der Waals surface area contributed by atoms with Crippen molar-refractivity contribution >= 4 is 35.6 Å². The molecule has 0 radical (unpaired) electrons. The Morgan fingerprint density at radius 2 is 2.00 bits per heavy atom. The average Bonchev–Trinajstić information content (AvgIpc) is 2.52. The predicted molar refractivity (Wildman–Crippen MR) is 102 cm³/mol. The van der Waals surface area contributed by atoms with Gasteiger partial charge >= 0.3 is 0 Å². The molecule has 1 aromatic rings. The third kappa shape index (κ3) is 4.70. The highest BCUT2D eigenvalue weighted by molar-refractivity contribution is 14.0. The highest BCUT2D eigenvalue weighted by Gasteiger charge is 2.21. The van der Waals surface area contributed by atoms with Crippen LogP contribution in [-0.4, -0.2) is 55.2 Å². The summed E-state index contributed by atoms with van der Waals surface area (Å²) in [4.78, 5) is 8.80. The molecule has 0 amide bonds. The summed E-state index contributed by atoms with van der Waals surface area (Å²) >= 11 is 0. The molecule has 0 aromatic heterocycles. The number of hydrogen-bond donors (Lipinski definition) is 2. The van der Waals surface area contributed by atoms with Gasteiger partial charge < -0.3 is 20.2 Å². The van der Waals surface area contributed by atoms with Gasteiger partial charge in [-0.25, -0.2) is 4.99 Å². The third-order valence-corrected chi connectivity index (χ3v) is 3.46. The van der Waals surface area contributed by atoms with Crippen LogP contribution in [0.25, 0.3) is 0 Å². The molecule has 120 valence electrons. The Morgan fingerprint density at radius 3 is 2.59 bits per heavy atom. The Balaban J connectivity index is 0.00000242. The van der Waals surface area contributed by atoms with Gasteiger partial charge in [-0.05, 0) is 19.1 Å². The molecule has 0 spiro atoms. The number of aliphatic imine (C=N–C) groups is 1. The van der Waals surface area contributed by atoms with E-state index in [1.165, 1.54) is 0 Å². The first-order valence-electron chi connectivity index (χ1n) is 7.26. The van der Waals surface area contributed by atoms with Crippen molar-refractivity contribution < 1.29 is 5.11 Å². The predicted octanol–water partition coefficient (Wildman–Crippen LogP) is 1.73. The van der Waals surface area contributed by atoms with E-state index in [1.54, 1.807) is 6.07 Å². The van der Waals surface area contributed by atoms with Crippen molar-refractivity contribution in [1.82, 2.24) is 10.2 Å². The maximum absolute atomic E-state index is 9.92. The summed E-state index contributed by atoms with van der Waals surface area (Å²) in [5.74, 6) is 3.74. The molecule has 6 heteroatoms. The van der Waals surface area contributed by atoms with Crippen molar-refractivity contribution in [1.29, 1.82) is 0 Å². The van der Waals surface area contributed by atoms with E-state index in [2.05, 4.69) is 26.0 Å². The maximum atomic E-state index is 9.92. The molecule has 22 heavy (non-hydrogen) atoms. The van der Waals surface area contributed by atoms with Crippen LogP contribution in [-0.2, 0) is 0 Å². The molecular weight excluding hydrogens is 391 g/mol. The molecule has 0 saturated carbocycles. The van der Waals surface area contributed by atoms with Crippen LogP contribution in [0.15, 0.2) is 29.3 Å². The van der Waals surface area contributed by atoms with Crippen molar-refractivity contribution in [3.8, 4) is 18.1 Å². The Hall–Kier alpha value is -1.62. The first-order chi connectivity index (χ1) is 10.3. The molecule has 0 aliphatic carbocycles. The van der Waals surface area contributed by atoms with E-state index in [4.69, 9.17) is 6.42 Å². The number of guanidine groups is 1. The third-order valence-electron chi connectivity index (χ3n) is 3.46. The van der Waals surface area contributed by atoms with Gasteiger partial charge in [0.15, 0.2) is 5.96 Å². The standard InChI is InChI=1S/C16H22N4O.HI/c1-3-9-18-16(17-4-2)20-12-10-19(11-13-20)14-7-5-6-8-15(14)21;/h1,5-8,21H,4,9-13H2,2H3,(H,17,18);1H. The summed E-state index contributed by atoms with van der Waals surface area (Å²) in [5.41, 5.74) is 0.891. The second kappa shape index (κ2) is 9.41. The van der Waals surface area contributed by atoms with E-state index in [-0.39, 0.29) is 24.0 Å². The van der Waals surface area contributed by atoms with E-state index in [0.29, 0.717) is 12.3 Å². The Morgan fingerprint density at radius 1 is 1.32 bits per heavy atom. The first kappa shape index (κ1) is 18.4. The minimum absolute atomic E-state index is 0. The number of phenolic OH excluding ortho intramolecular Hbond substituents is 1. The molecule has 1 aliphatic rings. The van der Waals surface area contributed by atoms with E-state index >= 15 is 0 Å². The largest absolute Gasteiger partial charge is 0.506 e. The highest BCUT2D eigenvalue weighted by Crippen LogP contribution is 2.27. The Kier molecular flexibility index (Phi) is 7.88. The van der Waals surface area contributed by atoms with Crippen LogP contribution >= 0.6 is 24.0 Å². The van der Waals surface area contributed by atoms with E-state index < -0.39 is 0 Å². The van der Waals surface area contributed by atoms with Gasteiger partial charge in [0.25, 0.3) is 0 Å². The molecule has 1 saturated heterocycles. The van der Waals surface area contributed by atoms with E-state index in [9.17, 15) is 5.11 Å². The molecule has 5 nitrogen and oxygen atoms in total. The van der Waals surface area contributed by atoms with Gasteiger partial charge in [-0.2, -0.15) is 0 Å². The van der Waals surface area contributed by atoms with Gasteiger partial charge in [0.1, 0.15) is 12.3 Å². The first-order valence-corrected chi connectivity index (χ1v) is 7.26. The summed E-state index contributed by atoms with van der Waals surface area (Å²) in [6.45, 7) is 6.65. The number of benzene rings is 1. The number of para-hydroxylation sites is 2. The zero-order valence-corrected chi connectivity index (χ0v) is 15.2. The van der Waals surface area contributed by atoms with Gasteiger partial charge in [-0.1, -0.05) is 18.1 Å². The van der Waals surface area contributed by atoms with E-state index in [0.717, 1.165) is 44.4 Å². The lowest BCUT2D eigenvalue weighted by Gasteiger charge is -2.37. The molecule has 0 atom stereocenters. The number of halogens is 1. The van der Waals surface area contributed by atoms with Crippen molar-refractivity contribution in [2.24, 2.45) is 4.99 Å². The van der Waals surface area contributed by atoms with Crippen LogP contribution in [0.2, 0.25) is 0 Å². The van der Waals surface area contributed by atoms with Gasteiger partial charge in [0, 0.05) is 32.7 Å². The monoisotopic (exact) mass is 414 g/mol. The zero-order valence-electron chi connectivity index (χ0n) is 12.8. The van der Waals surface area contributed by atoms with Crippen LogP contribution in [0.3, 0.4) is 0 Å². The summed E-state index contributed by atoms with van der Waals surface area (Å²) in [6, 6.07) is 7.45. The van der Waals surface area contributed by atoms with Crippen LogP contribution in [0, 0.1) is 12.3 Å². The second-order valence-corrected chi connectivity index (χ2v) is 4.84. The molecular formula is C16H23IN4O. The lowest BCUT2D eigenvalue weighted by atomic mass is 10.2. The minimum Gasteiger partial charge on any atom is -0.506 e. The number of phenols is 1. The van der Waals surface area contributed by atoms with Gasteiger partial charge in [0.05, 0.1) is 5.69 Å². The highest BCUT2D eigenvalue weighted by atomic mass is 127.